The van der Waals surface area contributed by atoms with E-state index in [1.807, 2.05) is 13.1 Å². The van der Waals surface area contributed by atoms with Crippen LogP contribution in [0.15, 0.2) is 18.2 Å². The molecule has 4 heteroatoms. The molecule has 2 rings (SSSR count). The Bertz CT molecular complexity index is 403. The van der Waals surface area contributed by atoms with Gasteiger partial charge in [0.1, 0.15) is 5.82 Å². The molecule has 0 N–H and O–H groups in total. The van der Waals surface area contributed by atoms with E-state index in [-0.39, 0.29) is 5.82 Å². The lowest BCUT2D eigenvalue weighted by Crippen LogP contribution is -2.42. The Morgan fingerprint density at radius 2 is 2.06 bits per heavy atom. The Morgan fingerprint density at radius 1 is 1.39 bits per heavy atom. The minimum Gasteiger partial charge on any atom is -0.369 e. The number of nitrogens with zero attached hydrogens (tertiary/aromatic N) is 2. The maximum atomic E-state index is 14.0. The van der Waals surface area contributed by atoms with Gasteiger partial charge >= 0.3 is 0 Å². The van der Waals surface area contributed by atoms with Gasteiger partial charge in [0.05, 0.1) is 5.69 Å². The van der Waals surface area contributed by atoms with Crippen LogP contribution in [0.25, 0.3) is 0 Å². The molecule has 1 aromatic carbocycles. The third kappa shape index (κ3) is 2.86. The van der Waals surface area contributed by atoms with Crippen LogP contribution in [0.1, 0.15) is 18.4 Å². The highest BCUT2D eigenvalue weighted by Gasteiger charge is 2.23. The van der Waals surface area contributed by atoms with Gasteiger partial charge in [-0.3, -0.25) is 0 Å². The minimum absolute atomic E-state index is 0.117. The van der Waals surface area contributed by atoms with Crippen molar-refractivity contribution in [2.45, 2.75) is 24.2 Å². The number of alkyl halides is 1. The highest BCUT2D eigenvalue weighted by Crippen LogP contribution is 2.29. The van der Waals surface area contributed by atoms with Crippen molar-refractivity contribution in [2.75, 3.05) is 32.1 Å². The number of halogens is 2. The zero-order chi connectivity index (χ0) is 13.1. The van der Waals surface area contributed by atoms with Crippen LogP contribution in [0.4, 0.5) is 10.1 Å². The van der Waals surface area contributed by atoms with E-state index >= 15 is 0 Å². The molecule has 0 atom stereocenters. The van der Waals surface area contributed by atoms with E-state index in [4.69, 9.17) is 0 Å². The van der Waals surface area contributed by atoms with E-state index in [0.29, 0.717) is 11.4 Å². The zero-order valence-corrected chi connectivity index (χ0v) is 12.6. The molecular weight excluding hydrogens is 295 g/mol. The standard InChI is InChI=1S/C14H20BrFN2/c1-17-8-6-12(7-9-17)18(2)14-11(10-15)4-3-5-13(14)16/h3-5,12H,6-10H2,1-2H3. The Morgan fingerprint density at radius 3 is 2.67 bits per heavy atom. The summed E-state index contributed by atoms with van der Waals surface area (Å²) in [4.78, 5) is 4.45. The second-order valence-corrected chi connectivity index (χ2v) is 5.59. The molecule has 0 radical (unpaired) electrons. The molecule has 0 amide bonds. The van der Waals surface area contributed by atoms with Crippen LogP contribution >= 0.6 is 15.9 Å². The lowest BCUT2D eigenvalue weighted by atomic mass is 10.0. The van der Waals surface area contributed by atoms with E-state index in [0.717, 1.165) is 37.2 Å². The van der Waals surface area contributed by atoms with Gasteiger partial charge in [-0.15, -0.1) is 0 Å². The number of likely N-dealkylation sites (tertiary alicyclic amines) is 1. The summed E-state index contributed by atoms with van der Waals surface area (Å²) in [5.74, 6) is -0.117. The molecule has 2 nitrogen and oxygen atoms in total. The van der Waals surface area contributed by atoms with E-state index in [1.54, 1.807) is 12.1 Å². The maximum Gasteiger partial charge on any atom is 0.146 e. The van der Waals surface area contributed by atoms with Crippen molar-refractivity contribution in [2.24, 2.45) is 0 Å². The van der Waals surface area contributed by atoms with Crippen LogP contribution in [-0.4, -0.2) is 38.1 Å². The minimum atomic E-state index is -0.117. The van der Waals surface area contributed by atoms with E-state index in [1.165, 1.54) is 0 Å². The Kier molecular flexibility index (Phi) is 4.62. The number of piperidine rings is 1. The quantitative estimate of drug-likeness (QED) is 0.790. The summed E-state index contributed by atoms with van der Waals surface area (Å²) < 4.78 is 14.0. The summed E-state index contributed by atoms with van der Waals surface area (Å²) in [6, 6.07) is 5.75. The number of hydrogen-bond acceptors (Lipinski definition) is 2. The number of hydrogen-bond donors (Lipinski definition) is 0. The van der Waals surface area contributed by atoms with E-state index in [2.05, 4.69) is 32.8 Å². The van der Waals surface area contributed by atoms with E-state index < -0.39 is 0 Å². The maximum absolute atomic E-state index is 14.0. The molecule has 18 heavy (non-hydrogen) atoms. The van der Waals surface area contributed by atoms with Crippen molar-refractivity contribution in [1.29, 1.82) is 0 Å². The Labute approximate surface area is 117 Å². The van der Waals surface area contributed by atoms with Crippen molar-refractivity contribution in [3.63, 3.8) is 0 Å². The molecule has 0 spiro atoms. The third-order valence-electron chi connectivity index (χ3n) is 3.80. The lowest BCUT2D eigenvalue weighted by Gasteiger charge is -2.37. The van der Waals surface area contributed by atoms with E-state index in [9.17, 15) is 4.39 Å². The van der Waals surface area contributed by atoms with Crippen molar-refractivity contribution in [3.05, 3.63) is 29.6 Å². The fraction of sp³-hybridized carbons (Fsp3) is 0.571. The van der Waals surface area contributed by atoms with Gasteiger partial charge < -0.3 is 9.80 Å². The molecule has 0 bridgehead atoms. The molecule has 1 aliphatic rings. The third-order valence-corrected chi connectivity index (χ3v) is 4.41. The molecule has 0 aromatic heterocycles. The van der Waals surface area contributed by atoms with Gasteiger partial charge in [-0.2, -0.15) is 0 Å². The lowest BCUT2D eigenvalue weighted by molar-refractivity contribution is 0.252. The fourth-order valence-corrected chi connectivity index (χ4v) is 3.08. The summed E-state index contributed by atoms with van der Waals surface area (Å²) in [6.45, 7) is 2.18. The van der Waals surface area contributed by atoms with Crippen molar-refractivity contribution < 1.29 is 4.39 Å². The first-order valence-electron chi connectivity index (χ1n) is 6.38. The van der Waals surface area contributed by atoms with Crippen LogP contribution < -0.4 is 4.90 Å². The first-order valence-corrected chi connectivity index (χ1v) is 7.50. The van der Waals surface area contributed by atoms with Crippen molar-refractivity contribution in [1.82, 2.24) is 4.90 Å². The summed E-state index contributed by atoms with van der Waals surface area (Å²) in [7, 11) is 4.16. The van der Waals surface area contributed by atoms with Gasteiger partial charge in [0.25, 0.3) is 0 Å². The van der Waals surface area contributed by atoms with Crippen LogP contribution in [0, 0.1) is 5.82 Å². The molecule has 1 fully saturated rings. The van der Waals surface area contributed by atoms with Crippen LogP contribution in [0.3, 0.4) is 0 Å². The predicted molar refractivity (Wildman–Crippen MR) is 78.0 cm³/mol. The summed E-state index contributed by atoms with van der Waals surface area (Å²) in [5.41, 5.74) is 1.78. The fourth-order valence-electron chi connectivity index (χ4n) is 2.63. The van der Waals surface area contributed by atoms with Gasteiger partial charge in [0.15, 0.2) is 0 Å². The summed E-state index contributed by atoms with van der Waals surface area (Å²) in [5, 5.41) is 0.692. The number of benzene rings is 1. The molecule has 1 saturated heterocycles. The molecule has 1 aliphatic heterocycles. The van der Waals surface area contributed by atoms with Crippen LogP contribution in [-0.2, 0) is 5.33 Å². The largest absolute Gasteiger partial charge is 0.369 e. The average Bonchev–Trinajstić information content (AvgIpc) is 2.38. The van der Waals surface area contributed by atoms with Gasteiger partial charge in [-0.25, -0.2) is 4.39 Å². The normalized spacial score (nSPS) is 18.0. The number of para-hydroxylation sites is 1. The second-order valence-electron chi connectivity index (χ2n) is 5.03. The second kappa shape index (κ2) is 6.02. The molecule has 100 valence electrons. The van der Waals surface area contributed by atoms with Crippen LogP contribution in [0.2, 0.25) is 0 Å². The van der Waals surface area contributed by atoms with Gasteiger partial charge in [-0.1, -0.05) is 28.1 Å². The predicted octanol–water partition coefficient (Wildman–Crippen LogP) is 3.25. The molecule has 1 aromatic rings. The van der Waals surface area contributed by atoms with Gasteiger partial charge in [0, 0.05) is 18.4 Å². The summed E-state index contributed by atoms with van der Waals surface area (Å²) in [6.07, 6.45) is 2.20. The van der Waals surface area contributed by atoms with Crippen LogP contribution in [0.5, 0.6) is 0 Å². The first-order chi connectivity index (χ1) is 8.63. The molecule has 0 saturated carbocycles. The SMILES string of the molecule is CN1CCC(N(C)c2c(F)cccc2CBr)CC1. The van der Waals surface area contributed by atoms with Crippen molar-refractivity contribution >= 4 is 21.6 Å². The summed E-state index contributed by atoms with van der Waals surface area (Å²) >= 11 is 3.44. The Balaban J connectivity index is 2.20. The topological polar surface area (TPSA) is 6.48 Å². The highest BCUT2D eigenvalue weighted by molar-refractivity contribution is 9.08. The Hall–Kier alpha value is -0.610. The molecular formula is C14H20BrFN2. The van der Waals surface area contributed by atoms with Gasteiger partial charge in [0.2, 0.25) is 0 Å². The monoisotopic (exact) mass is 314 g/mol. The average molecular weight is 315 g/mol. The highest BCUT2D eigenvalue weighted by atomic mass is 79.9. The van der Waals surface area contributed by atoms with Crippen molar-refractivity contribution in [3.8, 4) is 0 Å². The molecule has 0 unspecified atom stereocenters. The number of rotatable bonds is 3. The number of anilines is 1. The van der Waals surface area contributed by atoms with Gasteiger partial charge in [-0.05, 0) is 44.6 Å². The zero-order valence-electron chi connectivity index (χ0n) is 11.0. The molecule has 0 aliphatic carbocycles. The first kappa shape index (κ1) is 13.8. The molecule has 1 heterocycles. The smallest absolute Gasteiger partial charge is 0.146 e.